The van der Waals surface area contributed by atoms with E-state index in [4.69, 9.17) is 0 Å². The van der Waals surface area contributed by atoms with Crippen LogP contribution in [0.5, 0.6) is 0 Å². The third-order valence-corrected chi connectivity index (χ3v) is 4.36. The van der Waals surface area contributed by atoms with Gasteiger partial charge in [-0.15, -0.1) is 0 Å². The summed E-state index contributed by atoms with van der Waals surface area (Å²) in [4.78, 5) is 8.68. The van der Waals surface area contributed by atoms with E-state index in [2.05, 4.69) is 34.2 Å². The standard InChI is InChI=1S/C18H16N2O/c21-17(11-13-10-12-4-1-2-5-14(12)13)15-6-3-7-16-18(15)20-9-8-19-16/h1-9,13,17,21H,10-11H2. The van der Waals surface area contributed by atoms with Crippen LogP contribution >= 0.6 is 0 Å². The minimum Gasteiger partial charge on any atom is -0.388 e. The van der Waals surface area contributed by atoms with Crippen molar-refractivity contribution in [3.8, 4) is 0 Å². The molecule has 3 heteroatoms. The molecule has 2 aromatic carbocycles. The zero-order chi connectivity index (χ0) is 14.2. The molecule has 1 heterocycles. The third kappa shape index (κ3) is 2.10. The van der Waals surface area contributed by atoms with Crippen LogP contribution in [0.15, 0.2) is 54.9 Å². The number of aromatic nitrogens is 2. The average molecular weight is 276 g/mol. The predicted octanol–water partition coefficient (Wildman–Crippen LogP) is 3.39. The molecule has 4 rings (SSSR count). The Morgan fingerprint density at radius 1 is 1.05 bits per heavy atom. The van der Waals surface area contributed by atoms with Gasteiger partial charge in [0, 0.05) is 18.0 Å². The van der Waals surface area contributed by atoms with Crippen LogP contribution in [0.3, 0.4) is 0 Å². The molecule has 0 radical (unpaired) electrons. The topological polar surface area (TPSA) is 46.0 Å². The highest BCUT2D eigenvalue weighted by Gasteiger charge is 2.28. The molecule has 1 aliphatic carbocycles. The van der Waals surface area contributed by atoms with Gasteiger partial charge in [-0.3, -0.25) is 9.97 Å². The van der Waals surface area contributed by atoms with Crippen LogP contribution in [0, 0.1) is 0 Å². The first-order valence-electron chi connectivity index (χ1n) is 7.28. The zero-order valence-corrected chi connectivity index (χ0v) is 11.6. The summed E-state index contributed by atoms with van der Waals surface area (Å²) in [7, 11) is 0. The van der Waals surface area contributed by atoms with Crippen LogP contribution in [0.1, 0.15) is 35.1 Å². The summed E-state index contributed by atoms with van der Waals surface area (Å²) in [5.41, 5.74) is 5.31. The van der Waals surface area contributed by atoms with E-state index >= 15 is 0 Å². The first-order chi connectivity index (χ1) is 10.3. The highest BCUT2D eigenvalue weighted by Crippen LogP contribution is 2.41. The quantitative estimate of drug-likeness (QED) is 0.797. The molecule has 0 bridgehead atoms. The summed E-state index contributed by atoms with van der Waals surface area (Å²) in [6, 6.07) is 14.3. The molecule has 1 aromatic heterocycles. The maximum absolute atomic E-state index is 10.6. The second-order valence-electron chi connectivity index (χ2n) is 5.62. The molecular formula is C18H16N2O. The van der Waals surface area contributed by atoms with Gasteiger partial charge < -0.3 is 5.11 Å². The van der Waals surface area contributed by atoms with E-state index in [1.165, 1.54) is 11.1 Å². The van der Waals surface area contributed by atoms with Gasteiger partial charge in [-0.05, 0) is 36.0 Å². The van der Waals surface area contributed by atoms with Gasteiger partial charge in [0.2, 0.25) is 0 Å². The lowest BCUT2D eigenvalue weighted by atomic mass is 9.74. The third-order valence-electron chi connectivity index (χ3n) is 4.36. The minimum atomic E-state index is -0.497. The van der Waals surface area contributed by atoms with Gasteiger partial charge in [-0.2, -0.15) is 0 Å². The summed E-state index contributed by atoms with van der Waals surface area (Å²) in [6.45, 7) is 0. The normalized spacial score (nSPS) is 18.0. The maximum atomic E-state index is 10.6. The molecule has 104 valence electrons. The second kappa shape index (κ2) is 4.93. The SMILES string of the molecule is OC(CC1Cc2ccccc21)c1cccc2nccnc12. The van der Waals surface area contributed by atoms with Crippen molar-refractivity contribution in [2.75, 3.05) is 0 Å². The number of rotatable bonds is 3. The monoisotopic (exact) mass is 276 g/mol. The lowest BCUT2D eigenvalue weighted by molar-refractivity contribution is 0.155. The van der Waals surface area contributed by atoms with Crippen LogP contribution < -0.4 is 0 Å². The molecule has 2 atom stereocenters. The van der Waals surface area contributed by atoms with Gasteiger partial charge in [-0.1, -0.05) is 36.4 Å². The molecule has 2 unspecified atom stereocenters. The summed E-state index contributed by atoms with van der Waals surface area (Å²) >= 11 is 0. The number of nitrogens with zero attached hydrogens (tertiary/aromatic N) is 2. The van der Waals surface area contributed by atoms with Gasteiger partial charge in [0.15, 0.2) is 0 Å². The molecule has 21 heavy (non-hydrogen) atoms. The lowest BCUT2D eigenvalue weighted by Crippen LogP contribution is -2.19. The van der Waals surface area contributed by atoms with Gasteiger partial charge in [0.25, 0.3) is 0 Å². The maximum Gasteiger partial charge on any atom is 0.0944 e. The molecule has 1 N–H and O–H groups in total. The van der Waals surface area contributed by atoms with Gasteiger partial charge in [-0.25, -0.2) is 0 Å². The second-order valence-corrected chi connectivity index (χ2v) is 5.62. The number of para-hydroxylation sites is 1. The average Bonchev–Trinajstić information content (AvgIpc) is 2.52. The summed E-state index contributed by atoms with van der Waals surface area (Å²) in [6.07, 6.45) is 4.66. The number of fused-ring (bicyclic) bond motifs is 2. The molecular weight excluding hydrogens is 260 g/mol. The van der Waals surface area contributed by atoms with Crippen molar-refractivity contribution in [2.45, 2.75) is 24.9 Å². The van der Waals surface area contributed by atoms with Gasteiger partial charge in [0.05, 0.1) is 17.1 Å². The minimum absolute atomic E-state index is 0.447. The molecule has 3 nitrogen and oxygen atoms in total. The van der Waals surface area contributed by atoms with Crippen LogP contribution in [0.25, 0.3) is 11.0 Å². The molecule has 0 saturated carbocycles. The lowest BCUT2D eigenvalue weighted by Gasteiger charge is -2.31. The van der Waals surface area contributed by atoms with E-state index in [1.54, 1.807) is 12.4 Å². The Morgan fingerprint density at radius 3 is 2.81 bits per heavy atom. The number of aliphatic hydroxyl groups is 1. The van der Waals surface area contributed by atoms with Crippen LogP contribution in [0.2, 0.25) is 0 Å². The molecule has 0 saturated heterocycles. The Morgan fingerprint density at radius 2 is 1.90 bits per heavy atom. The highest BCUT2D eigenvalue weighted by molar-refractivity contribution is 5.77. The van der Waals surface area contributed by atoms with Crippen molar-refractivity contribution in [1.29, 1.82) is 0 Å². The smallest absolute Gasteiger partial charge is 0.0944 e. The largest absolute Gasteiger partial charge is 0.388 e. The van der Waals surface area contributed by atoms with E-state index in [1.807, 2.05) is 18.2 Å². The van der Waals surface area contributed by atoms with Crippen molar-refractivity contribution in [3.05, 3.63) is 71.5 Å². The van der Waals surface area contributed by atoms with Gasteiger partial charge >= 0.3 is 0 Å². The molecule has 1 aliphatic rings. The van der Waals surface area contributed by atoms with Crippen LogP contribution in [-0.4, -0.2) is 15.1 Å². The van der Waals surface area contributed by atoms with Crippen molar-refractivity contribution >= 4 is 11.0 Å². The Balaban J connectivity index is 1.62. The number of hydrogen-bond donors (Lipinski definition) is 1. The molecule has 0 fully saturated rings. The number of hydrogen-bond acceptors (Lipinski definition) is 3. The summed E-state index contributed by atoms with van der Waals surface area (Å²) < 4.78 is 0. The Kier molecular flexibility index (Phi) is 2.93. The van der Waals surface area contributed by atoms with Crippen molar-refractivity contribution in [1.82, 2.24) is 9.97 Å². The van der Waals surface area contributed by atoms with Crippen LogP contribution in [-0.2, 0) is 6.42 Å². The van der Waals surface area contributed by atoms with Gasteiger partial charge in [0.1, 0.15) is 0 Å². The summed E-state index contributed by atoms with van der Waals surface area (Å²) in [5.74, 6) is 0.447. The van der Waals surface area contributed by atoms with Crippen LogP contribution in [0.4, 0.5) is 0 Å². The Labute approximate surface area is 123 Å². The van der Waals surface area contributed by atoms with Crippen molar-refractivity contribution < 1.29 is 5.11 Å². The molecule has 0 amide bonds. The molecule has 0 spiro atoms. The predicted molar refractivity (Wildman–Crippen MR) is 82.0 cm³/mol. The number of benzene rings is 2. The van der Waals surface area contributed by atoms with Crippen molar-refractivity contribution in [2.24, 2.45) is 0 Å². The Bertz CT molecular complexity index is 795. The fourth-order valence-corrected chi connectivity index (χ4v) is 3.25. The van der Waals surface area contributed by atoms with E-state index in [-0.39, 0.29) is 0 Å². The zero-order valence-electron chi connectivity index (χ0n) is 11.6. The number of aliphatic hydroxyl groups excluding tert-OH is 1. The van der Waals surface area contributed by atoms with E-state index in [0.29, 0.717) is 5.92 Å². The highest BCUT2D eigenvalue weighted by atomic mass is 16.3. The van der Waals surface area contributed by atoms with E-state index in [9.17, 15) is 5.11 Å². The summed E-state index contributed by atoms with van der Waals surface area (Å²) in [5, 5.41) is 10.6. The fraction of sp³-hybridized carbons (Fsp3) is 0.222. The van der Waals surface area contributed by atoms with Crippen molar-refractivity contribution in [3.63, 3.8) is 0 Å². The van der Waals surface area contributed by atoms with E-state index in [0.717, 1.165) is 29.4 Å². The first kappa shape index (κ1) is 12.5. The van der Waals surface area contributed by atoms with E-state index < -0.39 is 6.10 Å². The Hall–Kier alpha value is -2.26. The molecule has 3 aromatic rings. The molecule has 0 aliphatic heterocycles. The first-order valence-corrected chi connectivity index (χ1v) is 7.28. The fourth-order valence-electron chi connectivity index (χ4n) is 3.25.